The summed E-state index contributed by atoms with van der Waals surface area (Å²) in [6.45, 7) is 2.54. The molecule has 21 heavy (non-hydrogen) atoms. The van der Waals surface area contributed by atoms with E-state index in [9.17, 15) is 9.59 Å². The number of amides is 2. The minimum Gasteiger partial charge on any atom is -0.423 e. The smallest absolute Gasteiger partial charge is 0.298 e. The summed E-state index contributed by atoms with van der Waals surface area (Å²) in [6.07, 6.45) is 0. The summed E-state index contributed by atoms with van der Waals surface area (Å²) in [7, 11) is 0. The second-order valence-electron chi connectivity index (χ2n) is 5.39. The largest absolute Gasteiger partial charge is 0.423 e. The van der Waals surface area contributed by atoms with Crippen molar-refractivity contribution in [3.05, 3.63) is 23.8 Å². The van der Waals surface area contributed by atoms with Crippen LogP contribution in [0.5, 0.6) is 0 Å². The first-order chi connectivity index (χ1) is 9.95. The van der Waals surface area contributed by atoms with Crippen LogP contribution in [0.4, 0.5) is 6.01 Å². The van der Waals surface area contributed by atoms with Gasteiger partial charge in [0.25, 0.3) is 6.01 Å². The van der Waals surface area contributed by atoms with Gasteiger partial charge in [-0.25, -0.2) is 0 Å². The van der Waals surface area contributed by atoms with Crippen molar-refractivity contribution in [2.24, 2.45) is 23.3 Å². The molecule has 1 aliphatic rings. The highest BCUT2D eigenvalue weighted by molar-refractivity contribution is 5.88. The molecule has 110 valence electrons. The molecule has 2 amide bonds. The highest BCUT2D eigenvalue weighted by Crippen LogP contribution is 2.30. The molecule has 1 aromatic heterocycles. The van der Waals surface area contributed by atoms with Gasteiger partial charge in [0.2, 0.25) is 11.8 Å². The van der Waals surface area contributed by atoms with Crippen molar-refractivity contribution in [3.63, 3.8) is 0 Å². The number of carbonyl (C=O) groups is 2. The molecule has 0 bridgehead atoms. The van der Waals surface area contributed by atoms with Gasteiger partial charge in [-0.3, -0.25) is 9.59 Å². The van der Waals surface area contributed by atoms with E-state index in [0.717, 1.165) is 11.1 Å². The van der Waals surface area contributed by atoms with Crippen LogP contribution in [-0.2, 0) is 9.59 Å². The zero-order valence-corrected chi connectivity index (χ0v) is 11.6. The maximum absolute atomic E-state index is 11.4. The van der Waals surface area contributed by atoms with Gasteiger partial charge in [0.05, 0.1) is 11.8 Å². The Bertz CT molecular complexity index is 702. The summed E-state index contributed by atoms with van der Waals surface area (Å²) < 4.78 is 5.67. The number of aromatic nitrogens is 1. The molecule has 2 aromatic rings. The molecule has 0 saturated carbocycles. The number of nitrogens with zero attached hydrogens (tertiary/aromatic N) is 2. The number of hydrogen-bond acceptors (Lipinski definition) is 5. The standard InChI is InChI=1S/C14H16N4O3/c1-7-2-3-11-10(4-7)17-14(21-11)18-5-8(12(15)19)9(6-18)13(16)20/h2-4,8-9H,5-6H2,1H3,(H2,15,19)(H2,16,20). The van der Waals surface area contributed by atoms with E-state index in [1.807, 2.05) is 25.1 Å². The van der Waals surface area contributed by atoms with E-state index >= 15 is 0 Å². The molecule has 7 nitrogen and oxygen atoms in total. The van der Waals surface area contributed by atoms with Crippen molar-refractivity contribution in [1.29, 1.82) is 0 Å². The molecule has 1 saturated heterocycles. The van der Waals surface area contributed by atoms with Crippen LogP contribution in [-0.4, -0.2) is 29.9 Å². The van der Waals surface area contributed by atoms with Crippen LogP contribution in [0.2, 0.25) is 0 Å². The topological polar surface area (TPSA) is 115 Å². The summed E-state index contributed by atoms with van der Waals surface area (Å²) in [5, 5.41) is 0. The quantitative estimate of drug-likeness (QED) is 0.834. The Balaban J connectivity index is 1.92. The van der Waals surface area contributed by atoms with E-state index in [0.29, 0.717) is 11.6 Å². The van der Waals surface area contributed by atoms with Gasteiger partial charge in [-0.15, -0.1) is 0 Å². The maximum atomic E-state index is 11.4. The fraction of sp³-hybridized carbons (Fsp3) is 0.357. The summed E-state index contributed by atoms with van der Waals surface area (Å²) in [5.41, 5.74) is 13.2. The van der Waals surface area contributed by atoms with E-state index in [2.05, 4.69) is 4.98 Å². The Morgan fingerprint density at radius 1 is 1.24 bits per heavy atom. The van der Waals surface area contributed by atoms with Crippen LogP contribution in [0.3, 0.4) is 0 Å². The summed E-state index contributed by atoms with van der Waals surface area (Å²) >= 11 is 0. The third kappa shape index (κ3) is 2.31. The third-order valence-corrected chi connectivity index (χ3v) is 3.85. The minimum atomic E-state index is -0.612. The number of primary amides is 2. The van der Waals surface area contributed by atoms with Gasteiger partial charge in [0.1, 0.15) is 5.52 Å². The lowest BCUT2D eigenvalue weighted by atomic mass is 9.95. The number of carbonyl (C=O) groups excluding carboxylic acids is 2. The first kappa shape index (κ1) is 13.4. The molecule has 2 heterocycles. The number of anilines is 1. The molecule has 7 heteroatoms. The Morgan fingerprint density at radius 3 is 2.43 bits per heavy atom. The first-order valence-electron chi connectivity index (χ1n) is 6.66. The second kappa shape index (κ2) is 4.76. The predicted octanol–water partition coefficient (Wildman–Crippen LogP) is 0.159. The van der Waals surface area contributed by atoms with Crippen molar-refractivity contribution in [3.8, 4) is 0 Å². The van der Waals surface area contributed by atoms with Gasteiger partial charge in [-0.2, -0.15) is 4.98 Å². The van der Waals surface area contributed by atoms with Gasteiger partial charge < -0.3 is 20.8 Å². The molecular formula is C14H16N4O3. The van der Waals surface area contributed by atoms with Crippen LogP contribution in [0.1, 0.15) is 5.56 Å². The van der Waals surface area contributed by atoms with Gasteiger partial charge >= 0.3 is 0 Å². The molecule has 2 unspecified atom stereocenters. The van der Waals surface area contributed by atoms with Gasteiger partial charge in [-0.1, -0.05) is 6.07 Å². The lowest BCUT2D eigenvalue weighted by molar-refractivity contribution is -0.129. The summed E-state index contributed by atoms with van der Waals surface area (Å²) in [4.78, 5) is 29.0. The van der Waals surface area contributed by atoms with Crippen molar-refractivity contribution in [1.82, 2.24) is 4.98 Å². The molecule has 0 spiro atoms. The van der Waals surface area contributed by atoms with Crippen molar-refractivity contribution in [2.75, 3.05) is 18.0 Å². The van der Waals surface area contributed by atoms with Crippen molar-refractivity contribution < 1.29 is 14.0 Å². The third-order valence-electron chi connectivity index (χ3n) is 3.85. The lowest BCUT2D eigenvalue weighted by Crippen LogP contribution is -2.36. The van der Waals surface area contributed by atoms with Crippen LogP contribution in [0.15, 0.2) is 22.6 Å². The van der Waals surface area contributed by atoms with Crippen molar-refractivity contribution in [2.45, 2.75) is 6.92 Å². The Hall–Kier alpha value is -2.57. The highest BCUT2D eigenvalue weighted by atomic mass is 16.4. The number of rotatable bonds is 3. The molecule has 0 aliphatic carbocycles. The Kier molecular flexibility index (Phi) is 3.04. The van der Waals surface area contributed by atoms with Crippen LogP contribution in [0, 0.1) is 18.8 Å². The minimum absolute atomic E-state index is 0.286. The fourth-order valence-corrected chi connectivity index (χ4v) is 2.70. The van der Waals surface area contributed by atoms with E-state index < -0.39 is 23.7 Å². The SMILES string of the molecule is Cc1ccc2oc(N3CC(C(N)=O)C(C(N)=O)C3)nc2c1. The summed E-state index contributed by atoms with van der Waals surface area (Å²) in [5.74, 6) is -2.29. The lowest BCUT2D eigenvalue weighted by Gasteiger charge is -2.11. The predicted molar refractivity (Wildman–Crippen MR) is 76.3 cm³/mol. The van der Waals surface area contributed by atoms with Crippen LogP contribution < -0.4 is 16.4 Å². The van der Waals surface area contributed by atoms with Gasteiger partial charge in [-0.05, 0) is 24.6 Å². The van der Waals surface area contributed by atoms with E-state index in [-0.39, 0.29) is 13.1 Å². The molecule has 2 atom stereocenters. The maximum Gasteiger partial charge on any atom is 0.298 e. The average Bonchev–Trinajstić information content (AvgIpc) is 3.01. The molecule has 1 aliphatic heterocycles. The molecule has 4 N–H and O–H groups in total. The van der Waals surface area contributed by atoms with Crippen LogP contribution in [0.25, 0.3) is 11.1 Å². The number of oxazole rings is 1. The normalized spacial score (nSPS) is 21.9. The number of benzene rings is 1. The Morgan fingerprint density at radius 2 is 1.86 bits per heavy atom. The van der Waals surface area contributed by atoms with E-state index in [4.69, 9.17) is 15.9 Å². The number of fused-ring (bicyclic) bond motifs is 1. The fourth-order valence-electron chi connectivity index (χ4n) is 2.70. The monoisotopic (exact) mass is 288 g/mol. The van der Waals surface area contributed by atoms with Crippen molar-refractivity contribution >= 4 is 28.9 Å². The van der Waals surface area contributed by atoms with Gasteiger partial charge in [0, 0.05) is 13.1 Å². The molecule has 1 aromatic carbocycles. The highest BCUT2D eigenvalue weighted by Gasteiger charge is 2.41. The number of hydrogen-bond donors (Lipinski definition) is 2. The zero-order valence-electron chi connectivity index (χ0n) is 11.6. The molecule has 1 fully saturated rings. The molecular weight excluding hydrogens is 272 g/mol. The number of aryl methyl sites for hydroxylation is 1. The Labute approximate surface area is 120 Å². The second-order valence-corrected chi connectivity index (χ2v) is 5.39. The van der Waals surface area contributed by atoms with Gasteiger partial charge in [0.15, 0.2) is 5.58 Å². The molecule has 0 radical (unpaired) electrons. The summed E-state index contributed by atoms with van der Waals surface area (Å²) in [6, 6.07) is 6.06. The molecule has 3 rings (SSSR count). The number of nitrogens with two attached hydrogens (primary N) is 2. The first-order valence-corrected chi connectivity index (χ1v) is 6.66. The van der Waals surface area contributed by atoms with Crippen LogP contribution >= 0.6 is 0 Å². The van der Waals surface area contributed by atoms with E-state index in [1.54, 1.807) is 4.90 Å². The zero-order chi connectivity index (χ0) is 15.1. The average molecular weight is 288 g/mol. The van der Waals surface area contributed by atoms with E-state index in [1.165, 1.54) is 0 Å².